The average molecular weight is 332 g/mol. The number of anilines is 1. The summed E-state index contributed by atoms with van der Waals surface area (Å²) in [6, 6.07) is 4.86. The Balaban J connectivity index is 2.21. The van der Waals surface area contributed by atoms with Gasteiger partial charge in [-0.15, -0.1) is 0 Å². The van der Waals surface area contributed by atoms with Crippen LogP contribution >= 0.6 is 0 Å². The van der Waals surface area contributed by atoms with Crippen molar-refractivity contribution in [2.75, 3.05) is 16.2 Å². The number of sulfone groups is 1. The van der Waals surface area contributed by atoms with E-state index in [-0.39, 0.29) is 35.6 Å². The number of halogens is 1. The molecule has 1 fully saturated rings. The number of rotatable bonds is 3. The third kappa shape index (κ3) is 3.71. The van der Waals surface area contributed by atoms with Gasteiger partial charge in [-0.05, 0) is 31.0 Å². The van der Waals surface area contributed by atoms with E-state index in [0.717, 1.165) is 12.1 Å². The smallest absolute Gasteiger partial charge is 0.235 e. The first kappa shape index (κ1) is 15.7. The summed E-state index contributed by atoms with van der Waals surface area (Å²) in [7, 11) is -6.98. The van der Waals surface area contributed by atoms with Gasteiger partial charge in [-0.2, -0.15) is 5.26 Å². The fourth-order valence-corrected chi connectivity index (χ4v) is 5.41. The first-order valence-electron chi connectivity index (χ1n) is 6.15. The van der Waals surface area contributed by atoms with E-state index >= 15 is 0 Å². The van der Waals surface area contributed by atoms with Crippen molar-refractivity contribution in [2.45, 2.75) is 18.1 Å². The number of nitriles is 1. The van der Waals surface area contributed by atoms with E-state index in [0.29, 0.717) is 0 Å². The van der Waals surface area contributed by atoms with Gasteiger partial charge in [0.05, 0.1) is 28.0 Å². The highest BCUT2D eigenvalue weighted by molar-refractivity contribution is 7.94. The van der Waals surface area contributed by atoms with Crippen molar-refractivity contribution < 1.29 is 21.2 Å². The Morgan fingerprint density at radius 1 is 1.29 bits per heavy atom. The molecule has 21 heavy (non-hydrogen) atoms. The topological polar surface area (TPSA) is 104 Å². The standard InChI is InChI=1S/C12H13FN2O4S2/c13-10-1-2-12(9(7-10)8-14)15-21(18,19)11-3-5-20(16,17)6-4-11/h1-2,7,11,15H,3-6H2. The van der Waals surface area contributed by atoms with E-state index in [2.05, 4.69) is 4.72 Å². The van der Waals surface area contributed by atoms with Crippen molar-refractivity contribution in [1.29, 1.82) is 5.26 Å². The summed E-state index contributed by atoms with van der Waals surface area (Å²) >= 11 is 0. The van der Waals surface area contributed by atoms with Gasteiger partial charge in [0.25, 0.3) is 0 Å². The van der Waals surface area contributed by atoms with Gasteiger partial charge >= 0.3 is 0 Å². The van der Waals surface area contributed by atoms with Crippen molar-refractivity contribution >= 4 is 25.5 Å². The summed E-state index contributed by atoms with van der Waals surface area (Å²) in [6.45, 7) is 0. The van der Waals surface area contributed by atoms with Gasteiger partial charge in [0.1, 0.15) is 21.7 Å². The molecule has 1 aromatic rings. The molecule has 0 bridgehead atoms. The van der Waals surface area contributed by atoms with Crippen LogP contribution in [-0.4, -0.2) is 33.6 Å². The van der Waals surface area contributed by atoms with Crippen molar-refractivity contribution in [1.82, 2.24) is 0 Å². The highest BCUT2D eigenvalue weighted by Crippen LogP contribution is 2.24. The fourth-order valence-electron chi connectivity index (χ4n) is 2.11. The van der Waals surface area contributed by atoms with Gasteiger partial charge in [-0.25, -0.2) is 21.2 Å². The summed E-state index contributed by atoms with van der Waals surface area (Å²) in [6.07, 6.45) is 0.0293. The third-order valence-corrected chi connectivity index (χ3v) is 6.86. The van der Waals surface area contributed by atoms with Crippen molar-refractivity contribution in [3.05, 3.63) is 29.6 Å². The minimum atomic E-state index is -3.82. The van der Waals surface area contributed by atoms with Gasteiger partial charge in [0.15, 0.2) is 0 Å². The molecule has 0 aliphatic carbocycles. The predicted octanol–water partition coefficient (Wildman–Crippen LogP) is 1.02. The molecule has 1 aliphatic heterocycles. The largest absolute Gasteiger partial charge is 0.282 e. The average Bonchev–Trinajstić information content (AvgIpc) is 2.40. The van der Waals surface area contributed by atoms with Crippen LogP contribution in [0.4, 0.5) is 10.1 Å². The van der Waals surface area contributed by atoms with E-state index in [1.807, 2.05) is 0 Å². The van der Waals surface area contributed by atoms with Gasteiger partial charge in [0, 0.05) is 0 Å². The maximum atomic E-state index is 13.0. The lowest BCUT2D eigenvalue weighted by Crippen LogP contribution is -2.36. The molecule has 0 unspecified atom stereocenters. The molecule has 0 spiro atoms. The number of nitrogens with zero attached hydrogens (tertiary/aromatic N) is 1. The molecule has 6 nitrogen and oxygen atoms in total. The molecule has 1 heterocycles. The molecule has 1 aliphatic rings. The zero-order chi connectivity index (χ0) is 15.7. The Kier molecular flexibility index (Phi) is 4.20. The lowest BCUT2D eigenvalue weighted by molar-refractivity contribution is 0.555. The Morgan fingerprint density at radius 2 is 1.90 bits per heavy atom. The van der Waals surface area contributed by atoms with Gasteiger partial charge < -0.3 is 0 Å². The van der Waals surface area contributed by atoms with Crippen molar-refractivity contribution in [3.63, 3.8) is 0 Å². The normalized spacial score (nSPS) is 18.9. The van der Waals surface area contributed by atoms with Crippen molar-refractivity contribution in [2.24, 2.45) is 0 Å². The van der Waals surface area contributed by atoms with Gasteiger partial charge in [0.2, 0.25) is 10.0 Å². The van der Waals surface area contributed by atoms with E-state index < -0.39 is 30.9 Å². The second-order valence-corrected chi connectivity index (χ2v) is 9.06. The number of benzene rings is 1. The van der Waals surface area contributed by atoms with Crippen LogP contribution in [0.2, 0.25) is 0 Å². The van der Waals surface area contributed by atoms with E-state index in [1.165, 1.54) is 6.07 Å². The third-order valence-electron chi connectivity index (χ3n) is 3.29. The lowest BCUT2D eigenvalue weighted by atomic mass is 10.2. The maximum Gasteiger partial charge on any atom is 0.235 e. The van der Waals surface area contributed by atoms with Crippen molar-refractivity contribution in [3.8, 4) is 6.07 Å². The molecular weight excluding hydrogens is 319 g/mol. The maximum absolute atomic E-state index is 13.0. The van der Waals surface area contributed by atoms with Crippen LogP contribution in [0.5, 0.6) is 0 Å². The molecule has 0 amide bonds. The Bertz CT molecular complexity index is 783. The second-order valence-electron chi connectivity index (χ2n) is 4.80. The van der Waals surface area contributed by atoms with Crippen LogP contribution in [0.15, 0.2) is 18.2 Å². The lowest BCUT2D eigenvalue weighted by Gasteiger charge is -2.22. The molecule has 2 rings (SSSR count). The minimum absolute atomic E-state index is 0.00710. The molecule has 9 heteroatoms. The summed E-state index contributed by atoms with van der Waals surface area (Å²) in [5.74, 6) is -0.988. The number of nitrogens with one attached hydrogen (secondary N) is 1. The molecule has 1 N–H and O–H groups in total. The molecule has 114 valence electrons. The van der Waals surface area contributed by atoms with E-state index in [4.69, 9.17) is 5.26 Å². The van der Waals surface area contributed by atoms with E-state index in [9.17, 15) is 21.2 Å². The number of sulfonamides is 1. The SMILES string of the molecule is N#Cc1cc(F)ccc1NS(=O)(=O)C1CCS(=O)(=O)CC1. The monoisotopic (exact) mass is 332 g/mol. The Morgan fingerprint density at radius 3 is 2.48 bits per heavy atom. The molecule has 0 aromatic heterocycles. The molecule has 0 atom stereocenters. The summed E-state index contributed by atoms with van der Waals surface area (Å²) in [4.78, 5) is 0. The molecular formula is C12H13FN2O4S2. The quantitative estimate of drug-likeness (QED) is 0.890. The highest BCUT2D eigenvalue weighted by atomic mass is 32.2. The zero-order valence-corrected chi connectivity index (χ0v) is 12.5. The van der Waals surface area contributed by atoms with Crippen LogP contribution in [0.25, 0.3) is 0 Å². The van der Waals surface area contributed by atoms with E-state index in [1.54, 1.807) is 6.07 Å². The van der Waals surface area contributed by atoms with Gasteiger partial charge in [-0.3, -0.25) is 4.72 Å². The Hall–Kier alpha value is -1.66. The van der Waals surface area contributed by atoms with Crippen LogP contribution < -0.4 is 4.72 Å². The van der Waals surface area contributed by atoms with Crippen LogP contribution in [0.1, 0.15) is 18.4 Å². The molecule has 0 radical (unpaired) electrons. The van der Waals surface area contributed by atoms with Crippen LogP contribution in [0.3, 0.4) is 0 Å². The summed E-state index contributed by atoms with van der Waals surface area (Å²) < 4.78 is 62.3. The molecule has 1 saturated heterocycles. The van der Waals surface area contributed by atoms with Crippen LogP contribution in [0, 0.1) is 17.1 Å². The second kappa shape index (κ2) is 5.61. The highest BCUT2D eigenvalue weighted by Gasteiger charge is 2.33. The fraction of sp³-hybridized carbons (Fsp3) is 0.417. The Labute approximate surface area is 122 Å². The molecule has 0 saturated carbocycles. The van der Waals surface area contributed by atoms with Crippen LogP contribution in [-0.2, 0) is 19.9 Å². The number of hydrogen-bond donors (Lipinski definition) is 1. The summed E-state index contributed by atoms with van der Waals surface area (Å²) in [5, 5.41) is 8.05. The predicted molar refractivity (Wildman–Crippen MR) is 75.3 cm³/mol. The molecule has 1 aromatic carbocycles. The first-order chi connectivity index (χ1) is 9.73. The zero-order valence-electron chi connectivity index (χ0n) is 10.9. The van der Waals surface area contributed by atoms with Gasteiger partial charge in [-0.1, -0.05) is 0 Å². The summed E-state index contributed by atoms with van der Waals surface area (Å²) in [5.41, 5.74) is -0.130. The minimum Gasteiger partial charge on any atom is -0.282 e. The number of hydrogen-bond acceptors (Lipinski definition) is 5. The first-order valence-corrected chi connectivity index (χ1v) is 9.52.